The number of Topliss-reactive ketones (excluding diaryl/α,β-unsaturated/α-hetero) is 1. The van der Waals surface area contributed by atoms with Crippen molar-refractivity contribution in [2.75, 3.05) is 0 Å². The molecule has 5 nitrogen and oxygen atoms in total. The maximum absolute atomic E-state index is 13.5. The third-order valence-corrected chi connectivity index (χ3v) is 7.40. The molecule has 0 N–H and O–H groups in total. The smallest absolute Gasteiger partial charge is 0.194 e. The normalized spacial score (nSPS) is 17.0. The highest BCUT2D eigenvalue weighted by Crippen LogP contribution is 2.41. The lowest BCUT2D eigenvalue weighted by Crippen LogP contribution is -2.15. The number of aryl methyl sites for hydroxylation is 1. The van der Waals surface area contributed by atoms with Crippen molar-refractivity contribution in [1.82, 2.24) is 4.57 Å². The summed E-state index contributed by atoms with van der Waals surface area (Å²) >= 11 is 0. The van der Waals surface area contributed by atoms with Crippen molar-refractivity contribution in [3.63, 3.8) is 0 Å². The monoisotopic (exact) mass is 484 g/mol. The number of carbonyl (C=O) groups is 1. The molecule has 182 valence electrons. The van der Waals surface area contributed by atoms with Crippen molar-refractivity contribution >= 4 is 29.0 Å². The van der Waals surface area contributed by atoms with Crippen LogP contribution in [0.15, 0.2) is 76.8 Å². The van der Waals surface area contributed by atoms with E-state index in [1.807, 2.05) is 61.5 Å². The van der Waals surface area contributed by atoms with E-state index in [0.29, 0.717) is 28.2 Å². The van der Waals surface area contributed by atoms with Gasteiger partial charge in [-0.05, 0) is 68.0 Å². The topological polar surface area (TPSA) is 81.9 Å². The molecule has 5 heteroatoms. The predicted octanol–water partition coefficient (Wildman–Crippen LogP) is 7.54. The minimum atomic E-state index is -0.185. The molecule has 1 aromatic heterocycles. The van der Waals surface area contributed by atoms with Gasteiger partial charge in [-0.1, -0.05) is 61.7 Å². The highest BCUT2D eigenvalue weighted by atomic mass is 16.1. The Morgan fingerprint density at radius 2 is 1.62 bits per heavy atom. The van der Waals surface area contributed by atoms with E-state index >= 15 is 0 Å². The second kappa shape index (κ2) is 10.2. The van der Waals surface area contributed by atoms with Gasteiger partial charge in [0.1, 0.15) is 23.5 Å². The Morgan fingerprint density at radius 1 is 0.973 bits per heavy atom. The molecule has 0 bridgehead atoms. The lowest BCUT2D eigenvalue weighted by atomic mass is 9.86. The first-order valence-corrected chi connectivity index (χ1v) is 12.8. The summed E-state index contributed by atoms with van der Waals surface area (Å²) in [4.78, 5) is 18.7. The molecule has 5 rings (SSSR count). The van der Waals surface area contributed by atoms with Gasteiger partial charge in [0.05, 0.1) is 0 Å². The zero-order valence-electron chi connectivity index (χ0n) is 21.2. The molecule has 1 fully saturated rings. The Balaban J connectivity index is 1.72. The van der Waals surface area contributed by atoms with Crippen LogP contribution in [0.3, 0.4) is 0 Å². The van der Waals surface area contributed by atoms with Crippen molar-refractivity contribution in [2.45, 2.75) is 46.0 Å². The molecule has 2 aromatic carbocycles. The summed E-state index contributed by atoms with van der Waals surface area (Å²) in [5.41, 5.74) is 5.67. The van der Waals surface area contributed by atoms with Gasteiger partial charge in [-0.3, -0.25) is 9.36 Å². The van der Waals surface area contributed by atoms with E-state index in [1.54, 1.807) is 24.3 Å². The molecule has 0 radical (unpaired) electrons. The summed E-state index contributed by atoms with van der Waals surface area (Å²) in [7, 11) is 0. The van der Waals surface area contributed by atoms with Crippen LogP contribution in [0.25, 0.3) is 17.3 Å². The van der Waals surface area contributed by atoms with Gasteiger partial charge in [0.15, 0.2) is 5.78 Å². The first-order valence-electron chi connectivity index (χ1n) is 12.8. The number of para-hydroxylation sites is 1. The molecular formula is C32H28N4O. The molecule has 0 unspecified atom stereocenters. The maximum Gasteiger partial charge on any atom is 0.194 e. The van der Waals surface area contributed by atoms with Gasteiger partial charge < -0.3 is 0 Å². The molecule has 2 aliphatic rings. The Bertz CT molecular complexity index is 1530. The molecule has 1 heterocycles. The van der Waals surface area contributed by atoms with E-state index in [9.17, 15) is 15.3 Å². The fraction of sp³-hybridized carbons (Fsp3) is 0.250. The lowest BCUT2D eigenvalue weighted by molar-refractivity contribution is 0.104. The number of ketones is 1. The van der Waals surface area contributed by atoms with Crippen molar-refractivity contribution in [1.29, 1.82) is 10.5 Å². The van der Waals surface area contributed by atoms with Gasteiger partial charge in [-0.25, -0.2) is 4.99 Å². The largest absolute Gasteiger partial charge is 0.295 e. The second-order valence-electron chi connectivity index (χ2n) is 9.74. The quantitative estimate of drug-likeness (QED) is 0.218. The molecule has 0 amide bonds. The van der Waals surface area contributed by atoms with Crippen LogP contribution >= 0.6 is 0 Å². The first kappa shape index (κ1) is 24.2. The van der Waals surface area contributed by atoms with Crippen LogP contribution in [-0.4, -0.2) is 16.1 Å². The van der Waals surface area contributed by atoms with Crippen LogP contribution in [0.5, 0.6) is 0 Å². The number of nitriles is 2. The number of allylic oxidation sites excluding steroid dienone is 3. The van der Waals surface area contributed by atoms with Gasteiger partial charge >= 0.3 is 0 Å². The van der Waals surface area contributed by atoms with Crippen LogP contribution in [0, 0.1) is 35.5 Å². The first-order chi connectivity index (χ1) is 18.0. The summed E-state index contributed by atoms with van der Waals surface area (Å²) in [6.07, 6.45) is 7.92. The zero-order chi connectivity index (χ0) is 25.9. The molecule has 0 saturated heterocycles. The van der Waals surface area contributed by atoms with Crippen molar-refractivity contribution in [2.24, 2.45) is 10.9 Å². The molecule has 3 aromatic rings. The van der Waals surface area contributed by atoms with Crippen molar-refractivity contribution < 1.29 is 4.79 Å². The van der Waals surface area contributed by atoms with Gasteiger partial charge in [0.25, 0.3) is 0 Å². The fourth-order valence-corrected chi connectivity index (χ4v) is 5.52. The Labute approximate surface area is 217 Å². The van der Waals surface area contributed by atoms with E-state index in [2.05, 4.69) is 11.5 Å². The molecule has 0 aliphatic heterocycles. The van der Waals surface area contributed by atoms with E-state index in [0.717, 1.165) is 28.5 Å². The average Bonchev–Trinajstić information content (AvgIpc) is 3.39. The summed E-state index contributed by atoms with van der Waals surface area (Å²) in [5, 5.41) is 19.4. The minimum Gasteiger partial charge on any atom is -0.295 e. The van der Waals surface area contributed by atoms with Gasteiger partial charge in [0.2, 0.25) is 0 Å². The van der Waals surface area contributed by atoms with E-state index in [-0.39, 0.29) is 11.4 Å². The highest BCUT2D eigenvalue weighted by molar-refractivity contribution is 6.29. The molecule has 0 atom stereocenters. The molecule has 37 heavy (non-hydrogen) atoms. The van der Waals surface area contributed by atoms with Crippen LogP contribution in [-0.2, 0) is 0 Å². The van der Waals surface area contributed by atoms with E-state index in [1.165, 1.54) is 32.1 Å². The summed E-state index contributed by atoms with van der Waals surface area (Å²) in [6.45, 7) is 4.16. The maximum atomic E-state index is 13.5. The third kappa shape index (κ3) is 4.46. The third-order valence-electron chi connectivity index (χ3n) is 7.40. The Kier molecular flexibility index (Phi) is 6.71. The summed E-state index contributed by atoms with van der Waals surface area (Å²) < 4.78 is 2.07. The molecule has 0 spiro atoms. The number of benzene rings is 2. The number of hydrogen-bond donors (Lipinski definition) is 0. The van der Waals surface area contributed by atoms with Crippen LogP contribution < -0.4 is 0 Å². The van der Waals surface area contributed by atoms with Gasteiger partial charge in [0, 0.05) is 33.8 Å². The number of aliphatic imine (C=N–C) groups is 1. The standard InChI is InChI=1S/C32H28N4O/c1-21-17-26(18-29-30(24(19-33)20-34)27-15-9-10-16-28(27)31(29)37)36(25-13-7-4-8-14-25)32(21)35-22(2)23-11-5-3-6-12-23/h4,7-10,13-18,23H,3,5-6,11-12H2,1-2H3/b29-18-,35-22+. The lowest BCUT2D eigenvalue weighted by Gasteiger charge is -2.21. The minimum absolute atomic E-state index is 0.0644. The number of fused-ring (bicyclic) bond motifs is 1. The Hall–Kier alpha value is -4.48. The number of carbonyl (C=O) groups excluding carboxylic acids is 1. The molecule has 1 saturated carbocycles. The number of hydrogen-bond acceptors (Lipinski definition) is 4. The van der Waals surface area contributed by atoms with Crippen LogP contribution in [0.2, 0.25) is 0 Å². The van der Waals surface area contributed by atoms with Crippen LogP contribution in [0.1, 0.15) is 66.2 Å². The summed E-state index contributed by atoms with van der Waals surface area (Å²) in [5.74, 6) is 1.15. The fourth-order valence-electron chi connectivity index (χ4n) is 5.52. The average molecular weight is 485 g/mol. The second-order valence-corrected chi connectivity index (χ2v) is 9.74. The van der Waals surface area contributed by atoms with Crippen molar-refractivity contribution in [3.05, 3.63) is 94.2 Å². The summed E-state index contributed by atoms with van der Waals surface area (Å²) in [6, 6.07) is 23.1. The Morgan fingerprint density at radius 3 is 2.30 bits per heavy atom. The van der Waals surface area contributed by atoms with Gasteiger partial charge in [-0.2, -0.15) is 10.5 Å². The van der Waals surface area contributed by atoms with Crippen molar-refractivity contribution in [3.8, 4) is 17.8 Å². The molecular weight excluding hydrogens is 456 g/mol. The number of aromatic nitrogens is 1. The van der Waals surface area contributed by atoms with E-state index in [4.69, 9.17) is 4.99 Å². The zero-order valence-corrected chi connectivity index (χ0v) is 21.2. The van der Waals surface area contributed by atoms with E-state index < -0.39 is 0 Å². The highest BCUT2D eigenvalue weighted by Gasteiger charge is 2.32. The number of nitrogens with zero attached hydrogens (tertiary/aromatic N) is 4. The van der Waals surface area contributed by atoms with Crippen LogP contribution in [0.4, 0.5) is 5.82 Å². The SMILES string of the molecule is C/C(=N\c1c(C)cc(/C=C2\C(=O)c3ccccc3C2=C(C#N)C#N)n1-c1ccccc1)C1CCCCC1. The number of rotatable bonds is 4. The molecule has 2 aliphatic carbocycles. The van der Waals surface area contributed by atoms with Gasteiger partial charge in [-0.15, -0.1) is 0 Å². The predicted molar refractivity (Wildman–Crippen MR) is 147 cm³/mol.